The van der Waals surface area contributed by atoms with Gasteiger partial charge in [0.05, 0.1) is 5.69 Å². The highest BCUT2D eigenvalue weighted by atomic mass is 79.9. The van der Waals surface area contributed by atoms with Crippen molar-refractivity contribution in [1.29, 1.82) is 0 Å². The van der Waals surface area contributed by atoms with Crippen LogP contribution in [0.25, 0.3) is 10.6 Å². The summed E-state index contributed by atoms with van der Waals surface area (Å²) < 4.78 is 0.855. The lowest BCUT2D eigenvalue weighted by Crippen LogP contribution is -1.82. The van der Waals surface area contributed by atoms with Crippen molar-refractivity contribution in [3.63, 3.8) is 0 Å². The van der Waals surface area contributed by atoms with E-state index in [1.807, 2.05) is 18.3 Å². The minimum Gasteiger partial charge on any atom is -0.249 e. The van der Waals surface area contributed by atoms with Gasteiger partial charge in [-0.25, -0.2) is 9.97 Å². The fourth-order valence-corrected chi connectivity index (χ4v) is 2.23. The van der Waals surface area contributed by atoms with E-state index in [1.165, 1.54) is 0 Å². The molecule has 0 radical (unpaired) electrons. The zero-order chi connectivity index (χ0) is 9.97. The molecular weight excluding hydrogens is 260 g/mol. The summed E-state index contributed by atoms with van der Waals surface area (Å²) in [6.07, 6.45) is 2.82. The number of nitrogens with zero attached hydrogens (tertiary/aromatic N) is 2. The summed E-state index contributed by atoms with van der Waals surface area (Å²) in [5.74, 6) is 0. The van der Waals surface area contributed by atoms with Crippen molar-refractivity contribution in [2.24, 2.45) is 0 Å². The summed E-state index contributed by atoms with van der Waals surface area (Å²) in [7, 11) is 0. The quantitative estimate of drug-likeness (QED) is 0.779. The molecule has 0 aliphatic heterocycles. The van der Waals surface area contributed by atoms with Crippen LogP contribution in [-0.4, -0.2) is 9.97 Å². The van der Waals surface area contributed by atoms with E-state index in [0.29, 0.717) is 0 Å². The van der Waals surface area contributed by atoms with E-state index in [1.54, 1.807) is 11.3 Å². The van der Waals surface area contributed by atoms with Crippen molar-refractivity contribution >= 4 is 27.3 Å². The second-order valence-electron chi connectivity index (χ2n) is 2.87. The summed E-state index contributed by atoms with van der Waals surface area (Å²) in [5, 5.41) is 3.14. The normalized spacial score (nSPS) is 10.4. The standard InChI is InChI=1S/C10H9BrN2S/c1-2-8-6-14-10(13-8)7-3-4-9(11)12-5-7/h3-6H,2H2,1H3. The maximum atomic E-state index is 4.49. The maximum Gasteiger partial charge on any atom is 0.125 e. The van der Waals surface area contributed by atoms with Crippen LogP contribution in [0.4, 0.5) is 0 Å². The fourth-order valence-electron chi connectivity index (χ4n) is 1.10. The molecule has 0 amide bonds. The number of pyridine rings is 1. The molecule has 2 nitrogen and oxygen atoms in total. The van der Waals surface area contributed by atoms with Crippen LogP contribution in [0.3, 0.4) is 0 Å². The summed E-state index contributed by atoms with van der Waals surface area (Å²) in [6.45, 7) is 2.11. The number of aryl methyl sites for hydroxylation is 1. The minimum absolute atomic E-state index is 0.855. The Morgan fingerprint density at radius 3 is 2.86 bits per heavy atom. The largest absolute Gasteiger partial charge is 0.249 e. The van der Waals surface area contributed by atoms with E-state index >= 15 is 0 Å². The predicted octanol–water partition coefficient (Wildman–Crippen LogP) is 3.53. The van der Waals surface area contributed by atoms with Crippen LogP contribution in [0, 0.1) is 0 Å². The average Bonchev–Trinajstić information content (AvgIpc) is 2.67. The summed E-state index contributed by atoms with van der Waals surface area (Å²) in [6, 6.07) is 3.96. The SMILES string of the molecule is CCc1csc(-c2ccc(Br)nc2)n1. The Balaban J connectivity index is 2.34. The van der Waals surface area contributed by atoms with Crippen LogP contribution in [0.1, 0.15) is 12.6 Å². The zero-order valence-electron chi connectivity index (χ0n) is 7.70. The Bertz CT molecular complexity index is 422. The Kier molecular flexibility index (Phi) is 2.93. The number of hydrogen-bond acceptors (Lipinski definition) is 3. The van der Waals surface area contributed by atoms with Crippen LogP contribution in [0.2, 0.25) is 0 Å². The third kappa shape index (κ3) is 2.01. The first-order chi connectivity index (χ1) is 6.79. The van der Waals surface area contributed by atoms with Crippen LogP contribution in [0.15, 0.2) is 28.3 Å². The number of hydrogen-bond donors (Lipinski definition) is 0. The van der Waals surface area contributed by atoms with E-state index in [9.17, 15) is 0 Å². The Labute approximate surface area is 95.2 Å². The number of rotatable bonds is 2. The molecule has 4 heteroatoms. The van der Waals surface area contributed by atoms with Gasteiger partial charge in [-0.2, -0.15) is 0 Å². The second kappa shape index (κ2) is 4.19. The molecule has 0 aliphatic rings. The molecule has 0 saturated carbocycles. The topological polar surface area (TPSA) is 25.8 Å². The van der Waals surface area contributed by atoms with E-state index < -0.39 is 0 Å². The first-order valence-electron chi connectivity index (χ1n) is 4.36. The van der Waals surface area contributed by atoms with Gasteiger partial charge in [0, 0.05) is 17.1 Å². The van der Waals surface area contributed by atoms with Gasteiger partial charge in [-0.1, -0.05) is 6.92 Å². The molecule has 2 rings (SSSR count). The molecule has 0 bridgehead atoms. The molecule has 0 fully saturated rings. The van der Waals surface area contributed by atoms with Gasteiger partial charge in [0.2, 0.25) is 0 Å². The highest BCUT2D eigenvalue weighted by Gasteiger charge is 2.03. The van der Waals surface area contributed by atoms with Crippen molar-refractivity contribution in [3.8, 4) is 10.6 Å². The average molecular weight is 269 g/mol. The Hall–Kier alpha value is -0.740. The molecule has 0 N–H and O–H groups in total. The van der Waals surface area contributed by atoms with Crippen LogP contribution in [-0.2, 0) is 6.42 Å². The predicted molar refractivity (Wildman–Crippen MR) is 62.4 cm³/mol. The molecule has 0 unspecified atom stereocenters. The lowest BCUT2D eigenvalue weighted by Gasteiger charge is -1.94. The first kappa shape index (κ1) is 9.80. The Morgan fingerprint density at radius 2 is 2.29 bits per heavy atom. The molecule has 14 heavy (non-hydrogen) atoms. The molecule has 0 aromatic carbocycles. The Morgan fingerprint density at radius 1 is 1.43 bits per heavy atom. The van der Waals surface area contributed by atoms with Crippen molar-refractivity contribution < 1.29 is 0 Å². The van der Waals surface area contributed by atoms with Gasteiger partial charge in [-0.05, 0) is 34.5 Å². The molecule has 0 spiro atoms. The number of halogens is 1. The number of aromatic nitrogens is 2. The fraction of sp³-hybridized carbons (Fsp3) is 0.200. The molecule has 0 aliphatic carbocycles. The lowest BCUT2D eigenvalue weighted by molar-refractivity contribution is 1.06. The molecular formula is C10H9BrN2S. The van der Waals surface area contributed by atoms with Gasteiger partial charge in [0.1, 0.15) is 9.61 Å². The van der Waals surface area contributed by atoms with Crippen molar-refractivity contribution in [2.75, 3.05) is 0 Å². The molecule has 2 heterocycles. The summed E-state index contributed by atoms with van der Waals surface area (Å²) in [5.41, 5.74) is 2.23. The van der Waals surface area contributed by atoms with Gasteiger partial charge in [-0.15, -0.1) is 11.3 Å². The molecule has 0 saturated heterocycles. The molecule has 0 atom stereocenters. The third-order valence-corrected chi connectivity index (χ3v) is 3.30. The van der Waals surface area contributed by atoms with E-state index in [2.05, 4.69) is 38.2 Å². The van der Waals surface area contributed by atoms with Gasteiger partial charge in [-0.3, -0.25) is 0 Å². The highest BCUT2D eigenvalue weighted by molar-refractivity contribution is 9.10. The van der Waals surface area contributed by atoms with Crippen LogP contribution < -0.4 is 0 Å². The van der Waals surface area contributed by atoms with Crippen molar-refractivity contribution in [1.82, 2.24) is 9.97 Å². The van der Waals surface area contributed by atoms with E-state index in [-0.39, 0.29) is 0 Å². The van der Waals surface area contributed by atoms with Crippen LogP contribution in [0.5, 0.6) is 0 Å². The molecule has 72 valence electrons. The lowest BCUT2D eigenvalue weighted by atomic mass is 10.3. The highest BCUT2D eigenvalue weighted by Crippen LogP contribution is 2.23. The third-order valence-electron chi connectivity index (χ3n) is 1.89. The molecule has 2 aromatic rings. The summed E-state index contributed by atoms with van der Waals surface area (Å²) in [4.78, 5) is 8.67. The van der Waals surface area contributed by atoms with E-state index in [4.69, 9.17) is 0 Å². The van der Waals surface area contributed by atoms with Gasteiger partial charge in [0.15, 0.2) is 0 Å². The number of thiazole rings is 1. The maximum absolute atomic E-state index is 4.49. The smallest absolute Gasteiger partial charge is 0.125 e. The monoisotopic (exact) mass is 268 g/mol. The zero-order valence-corrected chi connectivity index (χ0v) is 10.1. The second-order valence-corrected chi connectivity index (χ2v) is 4.54. The van der Waals surface area contributed by atoms with Crippen molar-refractivity contribution in [3.05, 3.63) is 34.0 Å². The van der Waals surface area contributed by atoms with Crippen LogP contribution >= 0.6 is 27.3 Å². The summed E-state index contributed by atoms with van der Waals surface area (Å²) >= 11 is 4.98. The molecule has 2 aromatic heterocycles. The van der Waals surface area contributed by atoms with Gasteiger partial charge < -0.3 is 0 Å². The van der Waals surface area contributed by atoms with Gasteiger partial charge >= 0.3 is 0 Å². The first-order valence-corrected chi connectivity index (χ1v) is 6.03. The van der Waals surface area contributed by atoms with Gasteiger partial charge in [0.25, 0.3) is 0 Å². The van der Waals surface area contributed by atoms with E-state index in [0.717, 1.165) is 27.3 Å². The minimum atomic E-state index is 0.855. The van der Waals surface area contributed by atoms with Crippen molar-refractivity contribution in [2.45, 2.75) is 13.3 Å².